The molecule has 0 aliphatic rings. The molecule has 2 N–H and O–H groups in total. The number of amides is 1. The summed E-state index contributed by atoms with van der Waals surface area (Å²) in [7, 11) is 0. The van der Waals surface area contributed by atoms with Crippen LogP contribution in [0.25, 0.3) is 0 Å². The smallest absolute Gasteiger partial charge is 0.303 e. The number of aliphatic carboxylic acids is 1. The summed E-state index contributed by atoms with van der Waals surface area (Å²) < 4.78 is 1.83. The monoisotopic (exact) mass is 343 g/mol. The maximum atomic E-state index is 12.3. The Balaban J connectivity index is 1.76. The number of benzene rings is 1. The van der Waals surface area contributed by atoms with E-state index in [1.807, 2.05) is 41.9 Å². The van der Waals surface area contributed by atoms with Gasteiger partial charge in [-0.15, -0.1) is 0 Å². The Kier molecular flexibility index (Phi) is 7.19. The van der Waals surface area contributed by atoms with E-state index in [1.54, 1.807) is 6.20 Å². The molecule has 2 aromatic rings. The molecule has 0 unspecified atom stereocenters. The van der Waals surface area contributed by atoms with Gasteiger partial charge in [-0.1, -0.05) is 43.2 Å². The summed E-state index contributed by atoms with van der Waals surface area (Å²) in [4.78, 5) is 22.7. The fourth-order valence-electron chi connectivity index (χ4n) is 2.64. The predicted octanol–water partition coefficient (Wildman–Crippen LogP) is 3.00. The maximum Gasteiger partial charge on any atom is 0.303 e. The second-order valence-corrected chi connectivity index (χ2v) is 6.10. The first kappa shape index (κ1) is 18.7. The van der Waals surface area contributed by atoms with Crippen molar-refractivity contribution < 1.29 is 14.7 Å². The van der Waals surface area contributed by atoms with Gasteiger partial charge in [0.2, 0.25) is 0 Å². The number of rotatable bonds is 10. The van der Waals surface area contributed by atoms with Crippen molar-refractivity contribution in [3.63, 3.8) is 0 Å². The molecule has 0 fully saturated rings. The molecule has 0 spiro atoms. The Morgan fingerprint density at radius 1 is 1.12 bits per heavy atom. The number of carbonyl (C=O) groups excluding carboxylic acids is 1. The average Bonchev–Trinajstić information content (AvgIpc) is 2.95. The quantitative estimate of drug-likeness (QED) is 0.650. The van der Waals surface area contributed by atoms with Gasteiger partial charge in [-0.2, -0.15) is 5.10 Å². The van der Waals surface area contributed by atoms with Crippen molar-refractivity contribution in [2.75, 3.05) is 6.54 Å². The lowest BCUT2D eigenvalue weighted by atomic mass is 10.1. The molecule has 0 atom stereocenters. The third kappa shape index (κ3) is 6.06. The number of nitrogens with zero attached hydrogens (tertiary/aromatic N) is 2. The van der Waals surface area contributed by atoms with Crippen molar-refractivity contribution in [3.8, 4) is 0 Å². The molecule has 6 heteroatoms. The summed E-state index contributed by atoms with van der Waals surface area (Å²) in [6.45, 7) is 3.13. The van der Waals surface area contributed by atoms with Gasteiger partial charge in [-0.05, 0) is 25.3 Å². The van der Waals surface area contributed by atoms with Gasteiger partial charge in [0.1, 0.15) is 0 Å². The molecule has 0 saturated carbocycles. The lowest BCUT2D eigenvalue weighted by Crippen LogP contribution is -2.25. The van der Waals surface area contributed by atoms with E-state index in [4.69, 9.17) is 5.11 Å². The third-order valence-corrected chi connectivity index (χ3v) is 4.13. The molecule has 1 aromatic heterocycles. The standard InChI is InChI=1S/C19H25N3O3/c1-15-17(13-21-22(15)14-16-9-5-4-6-10-16)19(25)20-12-8-3-2-7-11-18(23)24/h4-6,9-10,13H,2-3,7-8,11-12,14H2,1H3,(H,20,25)(H,23,24). The highest BCUT2D eigenvalue weighted by atomic mass is 16.4. The Bertz CT molecular complexity index is 695. The highest BCUT2D eigenvalue weighted by molar-refractivity contribution is 5.95. The highest BCUT2D eigenvalue weighted by Crippen LogP contribution is 2.10. The van der Waals surface area contributed by atoms with Crippen LogP contribution < -0.4 is 5.32 Å². The first-order chi connectivity index (χ1) is 12.1. The maximum absolute atomic E-state index is 12.3. The van der Waals surface area contributed by atoms with Gasteiger partial charge in [0.05, 0.1) is 18.3 Å². The molecular formula is C19H25N3O3. The average molecular weight is 343 g/mol. The highest BCUT2D eigenvalue weighted by Gasteiger charge is 2.13. The van der Waals surface area contributed by atoms with Gasteiger partial charge in [-0.3, -0.25) is 14.3 Å². The van der Waals surface area contributed by atoms with Crippen LogP contribution in [0.4, 0.5) is 0 Å². The first-order valence-electron chi connectivity index (χ1n) is 8.64. The number of nitrogens with one attached hydrogen (secondary N) is 1. The zero-order valence-electron chi connectivity index (χ0n) is 14.6. The Morgan fingerprint density at radius 3 is 2.56 bits per heavy atom. The van der Waals surface area contributed by atoms with Gasteiger partial charge in [0.25, 0.3) is 5.91 Å². The van der Waals surface area contributed by atoms with Crippen LogP contribution in [-0.2, 0) is 11.3 Å². The first-order valence-corrected chi connectivity index (χ1v) is 8.64. The molecule has 0 saturated heterocycles. The van der Waals surface area contributed by atoms with Crippen molar-refractivity contribution >= 4 is 11.9 Å². The molecule has 134 valence electrons. The van der Waals surface area contributed by atoms with E-state index >= 15 is 0 Å². The van der Waals surface area contributed by atoms with Crippen LogP contribution in [-0.4, -0.2) is 33.3 Å². The third-order valence-electron chi connectivity index (χ3n) is 4.13. The zero-order chi connectivity index (χ0) is 18.1. The summed E-state index contributed by atoms with van der Waals surface area (Å²) >= 11 is 0. The summed E-state index contributed by atoms with van der Waals surface area (Å²) in [5, 5.41) is 15.8. The largest absolute Gasteiger partial charge is 0.481 e. The van der Waals surface area contributed by atoms with Crippen molar-refractivity contribution in [2.45, 2.75) is 45.6 Å². The van der Waals surface area contributed by atoms with Crippen LogP contribution in [0.3, 0.4) is 0 Å². The minimum absolute atomic E-state index is 0.109. The van der Waals surface area contributed by atoms with E-state index in [1.165, 1.54) is 0 Å². The van der Waals surface area contributed by atoms with E-state index in [0.717, 1.165) is 30.5 Å². The molecule has 0 radical (unpaired) electrons. The Labute approximate surface area is 147 Å². The number of unbranched alkanes of at least 4 members (excludes halogenated alkanes) is 3. The number of aromatic nitrogens is 2. The van der Waals surface area contributed by atoms with Crippen LogP contribution in [0, 0.1) is 6.92 Å². The van der Waals surface area contributed by atoms with Crippen molar-refractivity contribution in [3.05, 3.63) is 53.3 Å². The topological polar surface area (TPSA) is 84.2 Å². The Morgan fingerprint density at radius 2 is 1.84 bits per heavy atom. The second kappa shape index (κ2) is 9.61. The van der Waals surface area contributed by atoms with Crippen LogP contribution in [0.15, 0.2) is 36.5 Å². The van der Waals surface area contributed by atoms with E-state index < -0.39 is 5.97 Å². The summed E-state index contributed by atoms with van der Waals surface area (Å²) in [6.07, 6.45) is 5.15. The second-order valence-electron chi connectivity index (χ2n) is 6.10. The van der Waals surface area contributed by atoms with Gasteiger partial charge >= 0.3 is 5.97 Å². The fourth-order valence-corrected chi connectivity index (χ4v) is 2.64. The number of hydrogen-bond acceptors (Lipinski definition) is 3. The Hall–Kier alpha value is -2.63. The number of hydrogen-bond donors (Lipinski definition) is 2. The van der Waals surface area contributed by atoms with E-state index in [9.17, 15) is 9.59 Å². The van der Waals surface area contributed by atoms with E-state index in [2.05, 4.69) is 10.4 Å². The van der Waals surface area contributed by atoms with Crippen LogP contribution in [0.2, 0.25) is 0 Å². The molecular weight excluding hydrogens is 318 g/mol. The van der Waals surface area contributed by atoms with Crippen molar-refractivity contribution in [2.24, 2.45) is 0 Å². The number of carboxylic acids is 1. The molecule has 0 bridgehead atoms. The van der Waals surface area contributed by atoms with Crippen molar-refractivity contribution in [1.82, 2.24) is 15.1 Å². The minimum Gasteiger partial charge on any atom is -0.481 e. The normalized spacial score (nSPS) is 10.6. The minimum atomic E-state index is -0.753. The van der Waals surface area contributed by atoms with Crippen LogP contribution in [0.5, 0.6) is 0 Å². The molecule has 1 heterocycles. The van der Waals surface area contributed by atoms with Gasteiger partial charge in [0, 0.05) is 18.7 Å². The van der Waals surface area contributed by atoms with Crippen LogP contribution in [0.1, 0.15) is 53.7 Å². The summed E-state index contributed by atoms with van der Waals surface area (Å²) in [5.41, 5.74) is 2.59. The fraction of sp³-hybridized carbons (Fsp3) is 0.421. The zero-order valence-corrected chi connectivity index (χ0v) is 14.6. The van der Waals surface area contributed by atoms with E-state index in [-0.39, 0.29) is 12.3 Å². The molecule has 6 nitrogen and oxygen atoms in total. The van der Waals surface area contributed by atoms with Gasteiger partial charge in [-0.25, -0.2) is 0 Å². The van der Waals surface area contributed by atoms with Crippen molar-refractivity contribution in [1.29, 1.82) is 0 Å². The predicted molar refractivity (Wildman–Crippen MR) is 95.6 cm³/mol. The van der Waals surface area contributed by atoms with E-state index in [0.29, 0.717) is 25.1 Å². The van der Waals surface area contributed by atoms with Crippen LogP contribution >= 0.6 is 0 Å². The molecule has 1 amide bonds. The molecule has 25 heavy (non-hydrogen) atoms. The molecule has 0 aliphatic heterocycles. The number of carboxylic acid groups (broad SMARTS) is 1. The molecule has 2 rings (SSSR count). The molecule has 1 aromatic carbocycles. The molecule has 0 aliphatic carbocycles. The lowest BCUT2D eigenvalue weighted by Gasteiger charge is -2.07. The lowest BCUT2D eigenvalue weighted by molar-refractivity contribution is -0.137. The summed E-state index contributed by atoms with van der Waals surface area (Å²) in [5.74, 6) is -0.862. The SMILES string of the molecule is Cc1c(C(=O)NCCCCCCC(=O)O)cnn1Cc1ccccc1. The number of carbonyl (C=O) groups is 2. The van der Waals surface area contributed by atoms with Gasteiger partial charge in [0.15, 0.2) is 0 Å². The van der Waals surface area contributed by atoms with Gasteiger partial charge < -0.3 is 10.4 Å². The summed E-state index contributed by atoms with van der Waals surface area (Å²) in [6, 6.07) is 10.0.